The first-order valence-corrected chi connectivity index (χ1v) is 9.22. The number of nitrogens with two attached hydrogens (primary N) is 2. The molecule has 5 N–H and O–H groups in total. The Hall–Kier alpha value is -4.52. The average Bonchev–Trinajstić information content (AvgIpc) is 2.76. The van der Waals surface area contributed by atoms with Crippen LogP contribution in [-0.4, -0.2) is 16.8 Å². The van der Waals surface area contributed by atoms with Crippen LogP contribution in [0.3, 0.4) is 0 Å². The maximum atomic E-state index is 14.8. The van der Waals surface area contributed by atoms with Gasteiger partial charge in [-0.15, -0.1) is 0 Å². The van der Waals surface area contributed by atoms with Crippen molar-refractivity contribution in [3.63, 3.8) is 0 Å². The molecule has 3 rings (SSSR count). The second kappa shape index (κ2) is 9.53. The molecule has 32 heavy (non-hydrogen) atoms. The molecule has 2 atom stereocenters. The summed E-state index contributed by atoms with van der Waals surface area (Å²) < 4.78 is 34.7. The Kier molecular flexibility index (Phi) is 6.60. The van der Waals surface area contributed by atoms with Gasteiger partial charge >= 0.3 is 0 Å². The van der Waals surface area contributed by atoms with Gasteiger partial charge in [0.15, 0.2) is 11.6 Å². The average molecular weight is 437 g/mol. The highest BCUT2D eigenvalue weighted by atomic mass is 19.1. The fourth-order valence-corrected chi connectivity index (χ4v) is 2.95. The number of nitriles is 1. The summed E-state index contributed by atoms with van der Waals surface area (Å²) in [6, 6.07) is 13.0. The zero-order valence-electron chi connectivity index (χ0n) is 16.5. The Morgan fingerprint density at radius 2 is 1.81 bits per heavy atom. The van der Waals surface area contributed by atoms with Crippen molar-refractivity contribution in [3.05, 3.63) is 83.6 Å². The van der Waals surface area contributed by atoms with Crippen molar-refractivity contribution in [3.8, 4) is 17.6 Å². The number of hydrogen-bond acceptors (Lipinski definition) is 6. The third-order valence-electron chi connectivity index (χ3n) is 4.44. The van der Waals surface area contributed by atoms with Gasteiger partial charge in [0.1, 0.15) is 29.3 Å². The molecule has 0 aliphatic heterocycles. The van der Waals surface area contributed by atoms with Crippen LogP contribution in [0.2, 0.25) is 0 Å². The van der Waals surface area contributed by atoms with E-state index in [4.69, 9.17) is 16.2 Å². The van der Waals surface area contributed by atoms with Crippen molar-refractivity contribution in [2.45, 2.75) is 12.0 Å². The number of aromatic nitrogens is 1. The summed E-state index contributed by atoms with van der Waals surface area (Å²) in [5.41, 5.74) is 10.7. The van der Waals surface area contributed by atoms with Crippen LogP contribution in [0, 0.1) is 23.0 Å². The standard InChI is InChI=1S/C22H17F2N5O3/c23-15-10-18(32-13-6-7-28-19(26)8-13)16(24)9-14(15)20(21(27)30)22(31)29-17(11-25)12-4-2-1-3-5-12/h1-10,17,20H,(H2,26,28)(H2,27,30)(H,29,31). The van der Waals surface area contributed by atoms with Crippen LogP contribution < -0.4 is 21.5 Å². The number of hydrogen-bond donors (Lipinski definition) is 3. The highest BCUT2D eigenvalue weighted by molar-refractivity contribution is 6.05. The minimum atomic E-state index is -1.88. The number of nitrogens with one attached hydrogen (secondary N) is 1. The molecule has 1 aromatic heterocycles. The first kappa shape index (κ1) is 22.2. The van der Waals surface area contributed by atoms with Gasteiger partial charge in [-0.25, -0.2) is 13.8 Å². The number of halogens is 2. The molecule has 0 aliphatic rings. The van der Waals surface area contributed by atoms with E-state index in [-0.39, 0.29) is 11.6 Å². The maximum Gasteiger partial charge on any atom is 0.238 e. The quantitative estimate of drug-likeness (QED) is 0.485. The van der Waals surface area contributed by atoms with Crippen LogP contribution in [0.1, 0.15) is 23.1 Å². The molecule has 3 aromatic rings. The van der Waals surface area contributed by atoms with Gasteiger partial charge in [-0.05, 0) is 17.7 Å². The third kappa shape index (κ3) is 4.96. The molecule has 0 aliphatic carbocycles. The third-order valence-corrected chi connectivity index (χ3v) is 4.44. The van der Waals surface area contributed by atoms with Crippen molar-refractivity contribution in [2.75, 3.05) is 5.73 Å². The summed E-state index contributed by atoms with van der Waals surface area (Å²) in [5, 5.41) is 11.7. The molecule has 2 aromatic carbocycles. The molecular weight excluding hydrogens is 420 g/mol. The minimum absolute atomic E-state index is 0.104. The molecule has 0 spiro atoms. The van der Waals surface area contributed by atoms with Gasteiger partial charge < -0.3 is 21.5 Å². The van der Waals surface area contributed by atoms with Gasteiger partial charge in [0.2, 0.25) is 11.8 Å². The SMILES string of the molecule is N#CC(NC(=O)C(C(N)=O)c1cc(F)c(Oc2ccnc(N)c2)cc1F)c1ccccc1. The summed E-state index contributed by atoms with van der Waals surface area (Å²) in [5.74, 6) is -6.59. The largest absolute Gasteiger partial charge is 0.454 e. The fraction of sp³-hybridized carbons (Fsp3) is 0.0909. The lowest BCUT2D eigenvalue weighted by Gasteiger charge is -2.18. The van der Waals surface area contributed by atoms with Crippen LogP contribution in [0.4, 0.5) is 14.6 Å². The predicted octanol–water partition coefficient (Wildman–Crippen LogP) is 2.68. The fourth-order valence-electron chi connectivity index (χ4n) is 2.95. The molecule has 0 saturated carbocycles. The van der Waals surface area contributed by atoms with Crippen molar-refractivity contribution in [2.24, 2.45) is 5.73 Å². The number of nitrogen functional groups attached to an aromatic ring is 1. The number of carbonyl (C=O) groups excluding carboxylic acids is 2. The summed E-state index contributed by atoms with van der Waals surface area (Å²) in [6.07, 6.45) is 1.32. The van der Waals surface area contributed by atoms with Gasteiger partial charge in [-0.1, -0.05) is 30.3 Å². The number of rotatable bonds is 7. The van der Waals surface area contributed by atoms with Gasteiger partial charge in [0, 0.05) is 23.9 Å². The molecule has 8 nitrogen and oxygen atoms in total. The lowest BCUT2D eigenvalue weighted by Crippen LogP contribution is -2.39. The Morgan fingerprint density at radius 1 is 1.09 bits per heavy atom. The summed E-state index contributed by atoms with van der Waals surface area (Å²) >= 11 is 0. The second-order valence-corrected chi connectivity index (χ2v) is 6.64. The Morgan fingerprint density at radius 3 is 2.44 bits per heavy atom. The monoisotopic (exact) mass is 437 g/mol. The lowest BCUT2D eigenvalue weighted by atomic mass is 9.95. The Bertz CT molecular complexity index is 1200. The molecule has 0 fully saturated rings. The first-order valence-electron chi connectivity index (χ1n) is 9.22. The van der Waals surface area contributed by atoms with E-state index in [0.29, 0.717) is 17.7 Å². The molecule has 2 unspecified atom stereocenters. The van der Waals surface area contributed by atoms with E-state index in [1.54, 1.807) is 30.3 Å². The smallest absolute Gasteiger partial charge is 0.238 e. The molecule has 2 amide bonds. The molecule has 1 heterocycles. The summed E-state index contributed by atoms with van der Waals surface area (Å²) in [6.45, 7) is 0. The number of pyridine rings is 1. The molecule has 0 saturated heterocycles. The van der Waals surface area contributed by atoms with Crippen LogP contribution in [-0.2, 0) is 9.59 Å². The van der Waals surface area contributed by atoms with E-state index in [0.717, 1.165) is 0 Å². The minimum Gasteiger partial charge on any atom is -0.454 e. The highest BCUT2D eigenvalue weighted by Gasteiger charge is 2.32. The van der Waals surface area contributed by atoms with E-state index >= 15 is 0 Å². The van der Waals surface area contributed by atoms with Crippen molar-refractivity contribution >= 4 is 17.6 Å². The van der Waals surface area contributed by atoms with Gasteiger partial charge in [-0.3, -0.25) is 9.59 Å². The van der Waals surface area contributed by atoms with E-state index in [2.05, 4.69) is 10.3 Å². The topological polar surface area (TPSA) is 144 Å². The number of ether oxygens (including phenoxy) is 1. The highest BCUT2D eigenvalue weighted by Crippen LogP contribution is 2.31. The summed E-state index contributed by atoms with van der Waals surface area (Å²) in [7, 11) is 0. The second-order valence-electron chi connectivity index (χ2n) is 6.64. The van der Waals surface area contributed by atoms with Gasteiger partial charge in [0.25, 0.3) is 0 Å². The zero-order chi connectivity index (χ0) is 23.3. The maximum absolute atomic E-state index is 14.8. The number of benzene rings is 2. The molecule has 0 radical (unpaired) electrons. The van der Waals surface area contributed by atoms with Crippen LogP contribution >= 0.6 is 0 Å². The molecule has 10 heteroatoms. The zero-order valence-corrected chi connectivity index (χ0v) is 16.5. The molecule has 162 valence electrons. The summed E-state index contributed by atoms with van der Waals surface area (Å²) in [4.78, 5) is 28.4. The van der Waals surface area contributed by atoms with E-state index in [1.165, 1.54) is 18.3 Å². The Balaban J connectivity index is 1.89. The van der Waals surface area contributed by atoms with Crippen molar-refractivity contribution < 1.29 is 23.1 Å². The van der Waals surface area contributed by atoms with E-state index in [9.17, 15) is 23.6 Å². The number of carbonyl (C=O) groups is 2. The normalized spacial score (nSPS) is 12.3. The van der Waals surface area contributed by atoms with Crippen molar-refractivity contribution in [1.29, 1.82) is 5.26 Å². The molecular formula is C22H17F2N5O3. The first-order chi connectivity index (χ1) is 15.3. The lowest BCUT2D eigenvalue weighted by molar-refractivity contribution is -0.130. The van der Waals surface area contributed by atoms with Crippen molar-refractivity contribution in [1.82, 2.24) is 10.3 Å². The van der Waals surface area contributed by atoms with E-state index < -0.39 is 46.7 Å². The van der Waals surface area contributed by atoms with Crippen LogP contribution in [0.15, 0.2) is 60.8 Å². The Labute approximate surface area is 181 Å². The number of amides is 2. The number of nitrogens with zero attached hydrogens (tertiary/aromatic N) is 2. The predicted molar refractivity (Wildman–Crippen MR) is 110 cm³/mol. The van der Waals surface area contributed by atoms with Crippen LogP contribution in [0.25, 0.3) is 0 Å². The van der Waals surface area contributed by atoms with Crippen LogP contribution in [0.5, 0.6) is 11.5 Å². The van der Waals surface area contributed by atoms with Gasteiger partial charge in [0.05, 0.1) is 6.07 Å². The number of primary amides is 1. The van der Waals surface area contributed by atoms with Gasteiger partial charge in [-0.2, -0.15) is 5.26 Å². The number of anilines is 1. The van der Waals surface area contributed by atoms with E-state index in [1.807, 2.05) is 6.07 Å². The molecule has 0 bridgehead atoms.